The van der Waals surface area contributed by atoms with Gasteiger partial charge in [0.1, 0.15) is 10.6 Å². The maximum absolute atomic E-state index is 11.0. The molecule has 112 valence electrons. The van der Waals surface area contributed by atoms with Gasteiger partial charge in [-0.1, -0.05) is 12.1 Å². The van der Waals surface area contributed by atoms with Crippen molar-refractivity contribution >= 4 is 17.3 Å². The van der Waals surface area contributed by atoms with Gasteiger partial charge in [-0.2, -0.15) is 0 Å². The van der Waals surface area contributed by atoms with Crippen molar-refractivity contribution in [3.8, 4) is 5.75 Å². The number of carboxylic acid groups (broad SMARTS) is 1. The van der Waals surface area contributed by atoms with Crippen molar-refractivity contribution in [2.75, 3.05) is 14.2 Å². The van der Waals surface area contributed by atoms with Crippen molar-refractivity contribution in [1.82, 2.24) is 4.90 Å². The maximum Gasteiger partial charge on any atom is 0.345 e. The Morgan fingerprint density at radius 3 is 2.71 bits per heavy atom. The van der Waals surface area contributed by atoms with Gasteiger partial charge in [0.05, 0.1) is 7.11 Å². The van der Waals surface area contributed by atoms with Gasteiger partial charge in [-0.15, -0.1) is 11.3 Å². The Kier molecular flexibility index (Phi) is 4.98. The summed E-state index contributed by atoms with van der Waals surface area (Å²) in [5.41, 5.74) is 2.24. The molecule has 4 nitrogen and oxygen atoms in total. The van der Waals surface area contributed by atoms with Crippen LogP contribution in [0.1, 0.15) is 25.7 Å². The number of carboxylic acids is 1. The van der Waals surface area contributed by atoms with E-state index < -0.39 is 5.97 Å². The number of benzene rings is 1. The largest absolute Gasteiger partial charge is 0.497 e. The molecule has 0 amide bonds. The fourth-order valence-corrected chi connectivity index (χ4v) is 3.08. The zero-order valence-corrected chi connectivity index (χ0v) is 13.2. The lowest BCUT2D eigenvalue weighted by molar-refractivity contribution is 0.0702. The fraction of sp³-hybridized carbons (Fsp3) is 0.312. The Hall–Kier alpha value is -1.85. The van der Waals surface area contributed by atoms with Crippen LogP contribution in [0.2, 0.25) is 0 Å². The van der Waals surface area contributed by atoms with Gasteiger partial charge >= 0.3 is 5.97 Å². The summed E-state index contributed by atoms with van der Waals surface area (Å²) < 4.78 is 5.22. The minimum absolute atomic E-state index is 0.400. The van der Waals surface area contributed by atoms with Crippen molar-refractivity contribution in [1.29, 1.82) is 0 Å². The molecule has 1 heterocycles. The van der Waals surface area contributed by atoms with E-state index >= 15 is 0 Å². The second-order valence-electron chi connectivity index (χ2n) is 5.02. The van der Waals surface area contributed by atoms with E-state index in [9.17, 15) is 4.79 Å². The minimum Gasteiger partial charge on any atom is -0.497 e. The van der Waals surface area contributed by atoms with E-state index in [1.54, 1.807) is 13.2 Å². The molecule has 1 N–H and O–H groups in total. The second-order valence-corrected chi connectivity index (χ2v) is 6.28. The van der Waals surface area contributed by atoms with Crippen molar-refractivity contribution < 1.29 is 14.6 Å². The van der Waals surface area contributed by atoms with Gasteiger partial charge in [0.15, 0.2) is 0 Å². The summed E-state index contributed by atoms with van der Waals surface area (Å²) in [5.74, 6) is -0.00873. The van der Waals surface area contributed by atoms with E-state index in [1.165, 1.54) is 16.9 Å². The summed E-state index contributed by atoms with van der Waals surface area (Å²) in [7, 11) is 3.68. The lowest BCUT2D eigenvalue weighted by Gasteiger charge is -2.17. The highest BCUT2D eigenvalue weighted by atomic mass is 32.1. The number of aromatic carboxylic acids is 1. The van der Waals surface area contributed by atoms with Crippen molar-refractivity contribution in [3.63, 3.8) is 0 Å². The molecule has 0 aliphatic carbocycles. The smallest absolute Gasteiger partial charge is 0.345 e. The van der Waals surface area contributed by atoms with Gasteiger partial charge < -0.3 is 9.84 Å². The quantitative estimate of drug-likeness (QED) is 0.888. The van der Waals surface area contributed by atoms with Crippen LogP contribution >= 0.6 is 11.3 Å². The number of hydrogen-bond donors (Lipinski definition) is 1. The molecule has 21 heavy (non-hydrogen) atoms. The van der Waals surface area contributed by atoms with Crippen LogP contribution in [-0.2, 0) is 13.1 Å². The molecule has 0 aliphatic rings. The first-order chi connectivity index (χ1) is 9.99. The van der Waals surface area contributed by atoms with Crippen molar-refractivity contribution in [2.24, 2.45) is 0 Å². The van der Waals surface area contributed by atoms with Crippen LogP contribution < -0.4 is 4.74 Å². The first-order valence-corrected chi connectivity index (χ1v) is 7.45. The molecular formula is C16H19NO3S. The molecule has 0 radical (unpaired) electrons. The van der Waals surface area contributed by atoms with Crippen molar-refractivity contribution in [2.45, 2.75) is 20.0 Å². The molecule has 0 atom stereocenters. The normalized spacial score (nSPS) is 10.9. The predicted molar refractivity (Wildman–Crippen MR) is 84.2 cm³/mol. The highest BCUT2D eigenvalue weighted by Gasteiger charge is 2.12. The molecular weight excluding hydrogens is 286 g/mol. The average molecular weight is 305 g/mol. The molecule has 0 saturated carbocycles. The topological polar surface area (TPSA) is 49.8 Å². The molecule has 2 aromatic rings. The first kappa shape index (κ1) is 15.5. The molecule has 0 unspecified atom stereocenters. The van der Waals surface area contributed by atoms with Gasteiger partial charge in [0.25, 0.3) is 0 Å². The zero-order chi connectivity index (χ0) is 15.4. The lowest BCUT2D eigenvalue weighted by Crippen LogP contribution is -2.17. The van der Waals surface area contributed by atoms with E-state index in [4.69, 9.17) is 9.84 Å². The Bertz CT molecular complexity index is 636. The van der Waals surface area contributed by atoms with Crippen LogP contribution in [0, 0.1) is 6.92 Å². The number of thiophene rings is 1. The van der Waals surface area contributed by atoms with E-state index in [0.717, 1.165) is 29.3 Å². The number of hydrogen-bond acceptors (Lipinski definition) is 4. The summed E-state index contributed by atoms with van der Waals surface area (Å²) in [6.07, 6.45) is 0. The highest BCUT2D eigenvalue weighted by molar-refractivity contribution is 7.14. The molecule has 5 heteroatoms. The zero-order valence-electron chi connectivity index (χ0n) is 12.4. The number of aryl methyl sites for hydroxylation is 1. The first-order valence-electron chi connectivity index (χ1n) is 6.63. The average Bonchev–Trinajstić information content (AvgIpc) is 2.80. The summed E-state index contributed by atoms with van der Waals surface area (Å²) >= 11 is 1.33. The van der Waals surface area contributed by atoms with Gasteiger partial charge in [-0.3, -0.25) is 4.90 Å². The summed E-state index contributed by atoms with van der Waals surface area (Å²) in [5, 5.41) is 9.03. The van der Waals surface area contributed by atoms with Crippen LogP contribution in [0.5, 0.6) is 5.75 Å². The van der Waals surface area contributed by atoms with Gasteiger partial charge in [-0.25, -0.2) is 4.79 Å². The molecule has 2 rings (SSSR count). The fourth-order valence-electron chi connectivity index (χ4n) is 2.21. The summed E-state index contributed by atoms with van der Waals surface area (Å²) in [4.78, 5) is 14.6. The minimum atomic E-state index is -0.857. The van der Waals surface area contributed by atoms with Crippen LogP contribution in [0.15, 0.2) is 30.3 Å². The maximum atomic E-state index is 11.0. The van der Waals surface area contributed by atoms with E-state index in [-0.39, 0.29) is 0 Å². The van der Waals surface area contributed by atoms with Gasteiger partial charge in [0, 0.05) is 18.0 Å². The second kappa shape index (κ2) is 6.74. The number of nitrogens with zero attached hydrogens (tertiary/aromatic N) is 1. The van der Waals surface area contributed by atoms with Crippen LogP contribution in [-0.4, -0.2) is 30.1 Å². The summed E-state index contributed by atoms with van der Waals surface area (Å²) in [6.45, 7) is 3.48. The van der Waals surface area contributed by atoms with Gasteiger partial charge in [0.2, 0.25) is 0 Å². The third-order valence-electron chi connectivity index (χ3n) is 3.26. The third-order valence-corrected chi connectivity index (χ3v) is 4.34. The SMILES string of the molecule is COc1cccc(CN(C)Cc2cc(C(=O)O)sc2C)c1. The predicted octanol–water partition coefficient (Wildman–Crippen LogP) is 3.40. The Morgan fingerprint density at radius 2 is 2.10 bits per heavy atom. The van der Waals surface area contributed by atoms with Crippen molar-refractivity contribution in [3.05, 3.63) is 51.2 Å². The number of methoxy groups -OCH3 is 1. The lowest BCUT2D eigenvalue weighted by atomic mass is 10.2. The molecule has 1 aromatic heterocycles. The molecule has 0 saturated heterocycles. The molecule has 1 aromatic carbocycles. The third kappa shape index (κ3) is 4.06. The highest BCUT2D eigenvalue weighted by Crippen LogP contribution is 2.23. The Labute approximate surface area is 128 Å². The van der Waals surface area contributed by atoms with Gasteiger partial charge in [-0.05, 0) is 43.3 Å². The van der Waals surface area contributed by atoms with Crippen LogP contribution in [0.25, 0.3) is 0 Å². The van der Waals surface area contributed by atoms with E-state index in [2.05, 4.69) is 11.0 Å². The molecule has 0 bridgehead atoms. The standard InChI is InChI=1S/C16H19NO3S/c1-11-13(8-15(21-11)16(18)19)10-17(2)9-12-5-4-6-14(7-12)20-3/h4-8H,9-10H2,1-3H3,(H,18,19). The van der Waals surface area contributed by atoms with E-state index in [1.807, 2.05) is 32.2 Å². The van der Waals surface area contributed by atoms with Crippen LogP contribution in [0.4, 0.5) is 0 Å². The molecule has 0 spiro atoms. The Morgan fingerprint density at radius 1 is 1.33 bits per heavy atom. The van der Waals surface area contributed by atoms with E-state index in [0.29, 0.717) is 4.88 Å². The summed E-state index contributed by atoms with van der Waals surface area (Å²) in [6, 6.07) is 9.73. The Balaban J connectivity index is 2.04. The van der Waals surface area contributed by atoms with Crippen LogP contribution in [0.3, 0.4) is 0 Å². The molecule has 0 aliphatic heterocycles. The molecule has 0 fully saturated rings. The monoisotopic (exact) mass is 305 g/mol. The number of rotatable bonds is 6. The number of carbonyl (C=O) groups is 1. The number of ether oxygens (including phenoxy) is 1.